The van der Waals surface area contributed by atoms with Crippen LogP contribution in [0.5, 0.6) is 11.5 Å². The zero-order valence-electron chi connectivity index (χ0n) is 30.6. The molecule has 2 heterocycles. The van der Waals surface area contributed by atoms with Crippen LogP contribution in [0.3, 0.4) is 0 Å². The SMILES string of the molecule is CCCCOc1ccc2cc(B3OC(C)(C)C(C)(C)O3)ccc2c1-c1c(OCCCC)ccc2cc(B3OC(C)(C)C(C)(C)O3)ccc12. The first kappa shape index (κ1) is 34.8. The van der Waals surface area contributed by atoms with Crippen molar-refractivity contribution in [3.63, 3.8) is 0 Å². The summed E-state index contributed by atoms with van der Waals surface area (Å²) >= 11 is 0. The third kappa shape index (κ3) is 6.37. The van der Waals surface area contributed by atoms with Crippen LogP contribution in [-0.4, -0.2) is 49.9 Å². The molecule has 8 heteroatoms. The predicted molar refractivity (Wildman–Crippen MR) is 199 cm³/mol. The van der Waals surface area contributed by atoms with Gasteiger partial charge in [0, 0.05) is 11.1 Å². The second-order valence-electron chi connectivity index (χ2n) is 15.4. The van der Waals surface area contributed by atoms with E-state index in [1.807, 2.05) is 0 Å². The van der Waals surface area contributed by atoms with Gasteiger partial charge in [-0.05, 0) is 113 Å². The first-order valence-electron chi connectivity index (χ1n) is 17.8. The van der Waals surface area contributed by atoms with Crippen LogP contribution in [0.4, 0.5) is 0 Å². The molecule has 0 spiro atoms. The van der Waals surface area contributed by atoms with Crippen LogP contribution in [0.15, 0.2) is 60.7 Å². The minimum Gasteiger partial charge on any atom is -0.493 e. The summed E-state index contributed by atoms with van der Waals surface area (Å²) in [5.74, 6) is 1.70. The van der Waals surface area contributed by atoms with Crippen molar-refractivity contribution in [2.24, 2.45) is 0 Å². The number of rotatable bonds is 11. The second kappa shape index (κ2) is 13.0. The van der Waals surface area contributed by atoms with Gasteiger partial charge < -0.3 is 28.1 Å². The maximum Gasteiger partial charge on any atom is 0.494 e. The molecule has 48 heavy (non-hydrogen) atoms. The lowest BCUT2D eigenvalue weighted by Crippen LogP contribution is -2.41. The highest BCUT2D eigenvalue weighted by Crippen LogP contribution is 2.46. The maximum atomic E-state index is 6.56. The topological polar surface area (TPSA) is 55.4 Å². The minimum absolute atomic E-state index is 0.415. The van der Waals surface area contributed by atoms with Gasteiger partial charge in [0.25, 0.3) is 0 Å². The molecule has 6 rings (SSSR count). The molecule has 0 atom stereocenters. The van der Waals surface area contributed by atoms with Crippen LogP contribution in [-0.2, 0) is 18.6 Å². The molecule has 2 fully saturated rings. The Bertz CT molecular complexity index is 1630. The van der Waals surface area contributed by atoms with E-state index in [1.54, 1.807) is 0 Å². The van der Waals surface area contributed by atoms with E-state index in [0.29, 0.717) is 13.2 Å². The van der Waals surface area contributed by atoms with Gasteiger partial charge in [-0.2, -0.15) is 0 Å². The van der Waals surface area contributed by atoms with Gasteiger partial charge in [-0.3, -0.25) is 0 Å². The van der Waals surface area contributed by atoms with Crippen LogP contribution in [0.2, 0.25) is 0 Å². The summed E-state index contributed by atoms with van der Waals surface area (Å²) in [7, 11) is -0.885. The van der Waals surface area contributed by atoms with Crippen molar-refractivity contribution in [3.8, 4) is 22.6 Å². The van der Waals surface area contributed by atoms with E-state index < -0.39 is 36.6 Å². The van der Waals surface area contributed by atoms with E-state index in [0.717, 1.165) is 80.8 Å². The van der Waals surface area contributed by atoms with Crippen molar-refractivity contribution in [2.75, 3.05) is 13.2 Å². The molecule has 0 aromatic heterocycles. The molecule has 2 saturated heterocycles. The minimum atomic E-state index is -0.442. The fourth-order valence-corrected chi connectivity index (χ4v) is 6.32. The molecular formula is C40H52B2O6. The largest absolute Gasteiger partial charge is 0.494 e. The molecule has 0 bridgehead atoms. The summed E-state index contributed by atoms with van der Waals surface area (Å²) in [4.78, 5) is 0. The summed E-state index contributed by atoms with van der Waals surface area (Å²) in [6, 6.07) is 21.5. The summed E-state index contributed by atoms with van der Waals surface area (Å²) in [5.41, 5.74) is 2.40. The van der Waals surface area contributed by atoms with Crippen LogP contribution in [0.1, 0.15) is 94.9 Å². The Balaban J connectivity index is 1.51. The first-order chi connectivity index (χ1) is 22.7. The number of ether oxygens (including phenoxy) is 2. The molecule has 2 aliphatic rings. The molecule has 4 aromatic carbocycles. The lowest BCUT2D eigenvalue weighted by atomic mass is 9.77. The Labute approximate surface area is 288 Å². The van der Waals surface area contributed by atoms with E-state index in [1.165, 1.54) is 0 Å². The Morgan fingerprint density at radius 2 is 0.854 bits per heavy atom. The van der Waals surface area contributed by atoms with Crippen molar-refractivity contribution in [1.29, 1.82) is 0 Å². The van der Waals surface area contributed by atoms with E-state index in [-0.39, 0.29) is 0 Å². The predicted octanol–water partition coefficient (Wildman–Crippen LogP) is 8.62. The van der Waals surface area contributed by atoms with Crippen LogP contribution < -0.4 is 20.4 Å². The second-order valence-corrected chi connectivity index (χ2v) is 15.4. The highest BCUT2D eigenvalue weighted by molar-refractivity contribution is 6.63. The van der Waals surface area contributed by atoms with Crippen molar-refractivity contribution < 1.29 is 28.1 Å². The van der Waals surface area contributed by atoms with Gasteiger partial charge in [-0.15, -0.1) is 0 Å². The van der Waals surface area contributed by atoms with E-state index in [2.05, 4.69) is 130 Å². The molecule has 0 amide bonds. The summed E-state index contributed by atoms with van der Waals surface area (Å²) in [6.45, 7) is 22.4. The molecule has 0 saturated carbocycles. The zero-order valence-corrected chi connectivity index (χ0v) is 30.6. The van der Waals surface area contributed by atoms with Crippen molar-refractivity contribution in [3.05, 3.63) is 60.7 Å². The zero-order chi connectivity index (χ0) is 34.5. The highest BCUT2D eigenvalue weighted by atomic mass is 16.7. The van der Waals surface area contributed by atoms with Gasteiger partial charge in [-0.25, -0.2) is 0 Å². The molecule has 2 aliphatic heterocycles. The first-order valence-corrected chi connectivity index (χ1v) is 17.8. The normalized spacial score (nSPS) is 19.4. The average Bonchev–Trinajstić information content (AvgIpc) is 3.40. The maximum absolute atomic E-state index is 6.56. The fourth-order valence-electron chi connectivity index (χ4n) is 6.32. The lowest BCUT2D eigenvalue weighted by molar-refractivity contribution is 0.00578. The molecular weight excluding hydrogens is 598 g/mol. The van der Waals surface area contributed by atoms with Crippen LogP contribution in [0, 0.1) is 0 Å². The fraction of sp³-hybridized carbons (Fsp3) is 0.500. The lowest BCUT2D eigenvalue weighted by Gasteiger charge is -2.32. The van der Waals surface area contributed by atoms with E-state index in [9.17, 15) is 0 Å². The van der Waals surface area contributed by atoms with Gasteiger partial charge in [-0.1, -0.05) is 75.2 Å². The Morgan fingerprint density at radius 3 is 1.19 bits per heavy atom. The number of fused-ring (bicyclic) bond motifs is 2. The van der Waals surface area contributed by atoms with Crippen molar-refractivity contribution >= 4 is 46.7 Å². The quantitative estimate of drug-likeness (QED) is 0.120. The highest BCUT2D eigenvalue weighted by Gasteiger charge is 2.52. The standard InChI is InChI=1S/C40H52B2O6/c1-11-13-23-43-33-21-15-27-25-29(41-45-37(3,4)38(5,6)46-41)17-19-31(27)35(33)36-32-20-18-30(42-47-39(7,8)40(9,10)48-42)26-28(32)16-22-34(36)44-24-14-12-2/h15-22,25-26H,11-14,23-24H2,1-10H3. The number of hydrogen-bond donors (Lipinski definition) is 0. The molecule has 6 nitrogen and oxygen atoms in total. The van der Waals surface area contributed by atoms with Gasteiger partial charge in [0.2, 0.25) is 0 Å². The molecule has 0 unspecified atom stereocenters. The van der Waals surface area contributed by atoms with Crippen LogP contribution >= 0.6 is 0 Å². The molecule has 0 N–H and O–H groups in total. The third-order valence-corrected chi connectivity index (χ3v) is 10.8. The van der Waals surface area contributed by atoms with E-state index >= 15 is 0 Å². The number of unbranched alkanes of at least 4 members (excludes halogenated alkanes) is 2. The number of benzene rings is 4. The number of hydrogen-bond acceptors (Lipinski definition) is 6. The van der Waals surface area contributed by atoms with Gasteiger partial charge in [0.15, 0.2) is 0 Å². The van der Waals surface area contributed by atoms with Gasteiger partial charge >= 0.3 is 14.2 Å². The van der Waals surface area contributed by atoms with Crippen LogP contribution in [0.25, 0.3) is 32.7 Å². The van der Waals surface area contributed by atoms with Crippen molar-refractivity contribution in [1.82, 2.24) is 0 Å². The summed E-state index contributed by atoms with van der Waals surface area (Å²) < 4.78 is 38.8. The van der Waals surface area contributed by atoms with Gasteiger partial charge in [0.05, 0.1) is 35.6 Å². The Kier molecular flexibility index (Phi) is 9.44. The average molecular weight is 650 g/mol. The monoisotopic (exact) mass is 650 g/mol. The summed E-state index contributed by atoms with van der Waals surface area (Å²) in [6.07, 6.45) is 4.07. The Morgan fingerprint density at radius 1 is 0.500 bits per heavy atom. The third-order valence-electron chi connectivity index (χ3n) is 10.8. The molecule has 4 aromatic rings. The van der Waals surface area contributed by atoms with E-state index in [4.69, 9.17) is 28.1 Å². The summed E-state index contributed by atoms with van der Waals surface area (Å²) in [5, 5.41) is 4.36. The molecule has 254 valence electrons. The van der Waals surface area contributed by atoms with Gasteiger partial charge in [0.1, 0.15) is 11.5 Å². The smallest absolute Gasteiger partial charge is 0.493 e. The molecule has 0 radical (unpaired) electrons. The van der Waals surface area contributed by atoms with Crippen molar-refractivity contribution in [2.45, 2.75) is 117 Å². The molecule has 0 aliphatic carbocycles. The Hall–Kier alpha value is -3.03.